The molecule has 4 rings (SSSR count). The lowest BCUT2D eigenvalue weighted by Crippen LogP contribution is -2.52. The number of aryl methyl sites for hydroxylation is 1. The van der Waals surface area contributed by atoms with Gasteiger partial charge in [0.15, 0.2) is 0 Å². The summed E-state index contributed by atoms with van der Waals surface area (Å²) in [6.45, 7) is 6.38. The van der Waals surface area contributed by atoms with Crippen LogP contribution in [0.4, 0.5) is 0 Å². The van der Waals surface area contributed by atoms with Crippen molar-refractivity contribution in [1.29, 1.82) is 0 Å². The van der Waals surface area contributed by atoms with Crippen LogP contribution in [-0.2, 0) is 11.3 Å². The molecule has 0 saturated carbocycles. The molecule has 128 valence electrons. The third-order valence-electron chi connectivity index (χ3n) is 5.18. The number of fused-ring (bicyclic) bond motifs is 1. The van der Waals surface area contributed by atoms with Crippen LogP contribution in [0.5, 0.6) is 5.75 Å². The predicted octanol–water partition coefficient (Wildman–Crippen LogP) is 3.04. The van der Waals surface area contributed by atoms with E-state index in [9.17, 15) is 0 Å². The molecule has 2 aromatic rings. The van der Waals surface area contributed by atoms with Crippen LogP contribution < -0.4 is 4.74 Å². The summed E-state index contributed by atoms with van der Waals surface area (Å²) in [6.07, 6.45) is 5.93. The zero-order valence-electron chi connectivity index (χ0n) is 14.1. The molecule has 0 unspecified atom stereocenters. The average molecular weight is 328 g/mol. The summed E-state index contributed by atoms with van der Waals surface area (Å²) in [5.41, 5.74) is 0.0652. The molecule has 5 nitrogen and oxygen atoms in total. The van der Waals surface area contributed by atoms with E-state index >= 15 is 0 Å². The van der Waals surface area contributed by atoms with Gasteiger partial charge in [-0.1, -0.05) is 0 Å². The van der Waals surface area contributed by atoms with Gasteiger partial charge in [-0.05, 0) is 44.0 Å². The van der Waals surface area contributed by atoms with Crippen LogP contribution in [0.25, 0.3) is 0 Å². The number of likely N-dealkylation sites (tertiary alicyclic amines) is 1. The molecule has 0 radical (unpaired) electrons. The molecule has 5 heteroatoms. The molecule has 0 bridgehead atoms. The monoisotopic (exact) mass is 328 g/mol. The van der Waals surface area contributed by atoms with Gasteiger partial charge in [0.1, 0.15) is 17.3 Å². The maximum atomic E-state index is 6.06. The lowest BCUT2D eigenvalue weighted by Gasteiger charge is -2.43. The molecule has 2 aliphatic heterocycles. The van der Waals surface area contributed by atoms with E-state index < -0.39 is 0 Å². The first-order valence-electron chi connectivity index (χ1n) is 8.66. The molecule has 2 fully saturated rings. The third kappa shape index (κ3) is 3.19. The Bertz CT molecular complexity index is 672. The van der Waals surface area contributed by atoms with E-state index in [4.69, 9.17) is 13.9 Å². The van der Waals surface area contributed by atoms with Gasteiger partial charge in [0.05, 0.1) is 25.5 Å². The zero-order chi connectivity index (χ0) is 16.4. The normalized spacial score (nSPS) is 27.1. The van der Waals surface area contributed by atoms with Gasteiger partial charge in [-0.3, -0.25) is 9.88 Å². The van der Waals surface area contributed by atoms with Crippen LogP contribution in [0.1, 0.15) is 24.4 Å². The number of hydrogen-bond donors (Lipinski definition) is 0. The second-order valence-corrected chi connectivity index (χ2v) is 6.96. The molecule has 2 aliphatic rings. The van der Waals surface area contributed by atoms with E-state index in [1.165, 1.54) is 0 Å². The van der Waals surface area contributed by atoms with Crippen molar-refractivity contribution in [1.82, 2.24) is 9.88 Å². The lowest BCUT2D eigenvalue weighted by molar-refractivity contribution is -0.0427. The molecular formula is C19H24N2O3. The van der Waals surface area contributed by atoms with Crippen LogP contribution in [0.15, 0.2) is 41.1 Å². The van der Waals surface area contributed by atoms with Crippen molar-refractivity contribution >= 4 is 0 Å². The minimum atomic E-state index is 0.0652. The SMILES string of the molecule is Cc1ccc(CN2CC[C@H]3OCC[C@@]3(COc3cccnc3)C2)o1. The number of rotatable bonds is 5. The number of ether oxygens (including phenoxy) is 2. The van der Waals surface area contributed by atoms with Crippen LogP contribution in [0.2, 0.25) is 0 Å². The summed E-state index contributed by atoms with van der Waals surface area (Å²) in [6, 6.07) is 7.97. The fourth-order valence-corrected chi connectivity index (χ4v) is 3.93. The number of hydrogen-bond acceptors (Lipinski definition) is 5. The lowest BCUT2D eigenvalue weighted by atomic mass is 9.77. The van der Waals surface area contributed by atoms with E-state index in [0.717, 1.165) is 56.4 Å². The van der Waals surface area contributed by atoms with Gasteiger partial charge in [0.25, 0.3) is 0 Å². The fraction of sp³-hybridized carbons (Fsp3) is 0.526. The zero-order valence-corrected chi connectivity index (χ0v) is 14.1. The van der Waals surface area contributed by atoms with Crippen molar-refractivity contribution in [3.8, 4) is 5.75 Å². The van der Waals surface area contributed by atoms with E-state index in [1.54, 1.807) is 12.4 Å². The van der Waals surface area contributed by atoms with E-state index in [2.05, 4.69) is 16.0 Å². The van der Waals surface area contributed by atoms with Crippen LogP contribution in [-0.4, -0.2) is 42.3 Å². The molecule has 0 aliphatic carbocycles. The molecule has 0 amide bonds. The second-order valence-electron chi connectivity index (χ2n) is 6.96. The molecule has 2 atom stereocenters. The first kappa shape index (κ1) is 15.7. The summed E-state index contributed by atoms with van der Waals surface area (Å²) in [5, 5.41) is 0. The molecular weight excluding hydrogens is 304 g/mol. The largest absolute Gasteiger partial charge is 0.491 e. The molecule has 0 N–H and O–H groups in total. The fourth-order valence-electron chi connectivity index (χ4n) is 3.93. The van der Waals surface area contributed by atoms with Gasteiger partial charge in [-0.25, -0.2) is 0 Å². The summed E-state index contributed by atoms with van der Waals surface area (Å²) < 4.78 is 17.8. The third-order valence-corrected chi connectivity index (χ3v) is 5.18. The van der Waals surface area contributed by atoms with Crippen molar-refractivity contribution in [2.24, 2.45) is 5.41 Å². The highest BCUT2D eigenvalue weighted by molar-refractivity contribution is 5.16. The van der Waals surface area contributed by atoms with Crippen molar-refractivity contribution in [3.05, 3.63) is 48.2 Å². The smallest absolute Gasteiger partial charge is 0.137 e. The number of nitrogens with zero attached hydrogens (tertiary/aromatic N) is 2. The first-order chi connectivity index (χ1) is 11.7. The number of furan rings is 1. The Morgan fingerprint density at radius 3 is 3.12 bits per heavy atom. The van der Waals surface area contributed by atoms with Crippen molar-refractivity contribution in [2.45, 2.75) is 32.4 Å². The van der Waals surface area contributed by atoms with Crippen molar-refractivity contribution < 1.29 is 13.9 Å². The van der Waals surface area contributed by atoms with Crippen LogP contribution in [0.3, 0.4) is 0 Å². The Morgan fingerprint density at radius 1 is 1.38 bits per heavy atom. The molecule has 2 saturated heterocycles. The minimum Gasteiger partial charge on any atom is -0.491 e. The van der Waals surface area contributed by atoms with Crippen molar-refractivity contribution in [3.63, 3.8) is 0 Å². The number of pyridine rings is 1. The molecule has 24 heavy (non-hydrogen) atoms. The van der Waals surface area contributed by atoms with Gasteiger partial charge in [-0.2, -0.15) is 0 Å². The Hall–Kier alpha value is -1.85. The van der Waals surface area contributed by atoms with E-state index in [0.29, 0.717) is 12.7 Å². The Kier molecular flexibility index (Phi) is 4.29. The molecule has 0 spiro atoms. The molecule has 4 heterocycles. The van der Waals surface area contributed by atoms with E-state index in [1.807, 2.05) is 25.1 Å². The summed E-state index contributed by atoms with van der Waals surface area (Å²) in [7, 11) is 0. The summed E-state index contributed by atoms with van der Waals surface area (Å²) in [4.78, 5) is 6.59. The van der Waals surface area contributed by atoms with Crippen molar-refractivity contribution in [2.75, 3.05) is 26.3 Å². The standard InChI is InChI=1S/C19H24N2O3/c1-15-4-5-17(24-15)12-21-9-6-18-19(13-21,7-10-22-18)14-23-16-3-2-8-20-11-16/h2-5,8,11,18H,6-7,9-10,12-14H2,1H3/t18-,19+/m1/s1. The van der Waals surface area contributed by atoms with Gasteiger partial charge in [-0.15, -0.1) is 0 Å². The number of piperidine rings is 1. The highest BCUT2D eigenvalue weighted by atomic mass is 16.5. The highest BCUT2D eigenvalue weighted by Crippen LogP contribution is 2.41. The Labute approximate surface area is 142 Å². The summed E-state index contributed by atoms with van der Waals surface area (Å²) in [5.74, 6) is 2.84. The maximum absolute atomic E-state index is 6.06. The Balaban J connectivity index is 1.44. The minimum absolute atomic E-state index is 0.0652. The highest BCUT2D eigenvalue weighted by Gasteiger charge is 2.48. The second kappa shape index (κ2) is 6.57. The summed E-state index contributed by atoms with van der Waals surface area (Å²) >= 11 is 0. The topological polar surface area (TPSA) is 47.7 Å². The maximum Gasteiger partial charge on any atom is 0.137 e. The quantitative estimate of drug-likeness (QED) is 0.844. The van der Waals surface area contributed by atoms with Crippen LogP contribution >= 0.6 is 0 Å². The van der Waals surface area contributed by atoms with Gasteiger partial charge >= 0.3 is 0 Å². The van der Waals surface area contributed by atoms with E-state index in [-0.39, 0.29) is 5.41 Å². The predicted molar refractivity (Wildman–Crippen MR) is 89.9 cm³/mol. The Morgan fingerprint density at radius 2 is 2.33 bits per heavy atom. The van der Waals surface area contributed by atoms with Gasteiger partial charge < -0.3 is 13.9 Å². The van der Waals surface area contributed by atoms with Gasteiger partial charge in [0.2, 0.25) is 0 Å². The molecule has 0 aromatic carbocycles. The number of aromatic nitrogens is 1. The van der Waals surface area contributed by atoms with Gasteiger partial charge in [0, 0.05) is 31.3 Å². The van der Waals surface area contributed by atoms with Crippen LogP contribution in [0, 0.1) is 12.3 Å². The molecule has 2 aromatic heterocycles. The average Bonchev–Trinajstić information content (AvgIpc) is 3.20. The first-order valence-corrected chi connectivity index (χ1v) is 8.66.